The predicted octanol–water partition coefficient (Wildman–Crippen LogP) is 4.42. The lowest BCUT2D eigenvalue weighted by Gasteiger charge is -2.62. The van der Waals surface area contributed by atoms with E-state index in [1.54, 1.807) is 11.0 Å². The molecule has 32 heavy (non-hydrogen) atoms. The summed E-state index contributed by atoms with van der Waals surface area (Å²) in [5.74, 6) is 2.04. The second-order valence-electron chi connectivity index (χ2n) is 10.6. The molecule has 3 aromatic rings. The van der Waals surface area contributed by atoms with Crippen LogP contribution < -0.4 is 5.56 Å². The van der Waals surface area contributed by atoms with Crippen molar-refractivity contribution in [3.63, 3.8) is 0 Å². The number of H-pyrrole nitrogens is 1. The number of hydrogen-bond donors (Lipinski definition) is 1. The summed E-state index contributed by atoms with van der Waals surface area (Å²) in [6, 6.07) is 18.2. The second kappa shape index (κ2) is 7.03. The Morgan fingerprint density at radius 1 is 1.03 bits per heavy atom. The summed E-state index contributed by atoms with van der Waals surface area (Å²) >= 11 is 0. The number of nitrogens with one attached hydrogen (secondary N) is 1. The van der Waals surface area contributed by atoms with Gasteiger partial charge in [0.2, 0.25) is 5.91 Å². The first-order valence-electron chi connectivity index (χ1n) is 11.8. The molecule has 1 aromatic heterocycles. The summed E-state index contributed by atoms with van der Waals surface area (Å²) in [6.45, 7) is 0.328. The predicted molar refractivity (Wildman–Crippen MR) is 124 cm³/mol. The Morgan fingerprint density at radius 3 is 2.47 bits per heavy atom. The lowest BCUT2D eigenvalue weighted by atomic mass is 9.42. The molecule has 0 saturated heterocycles. The molecule has 2 unspecified atom stereocenters. The molecular formula is C27H29N3O2. The van der Waals surface area contributed by atoms with Crippen LogP contribution in [0.15, 0.2) is 59.4 Å². The molecule has 4 fully saturated rings. The zero-order valence-electron chi connectivity index (χ0n) is 18.5. The van der Waals surface area contributed by atoms with Crippen molar-refractivity contribution in [2.75, 3.05) is 7.05 Å². The number of para-hydroxylation sites is 1. The molecule has 5 heteroatoms. The third-order valence-electron chi connectivity index (χ3n) is 8.30. The Balaban J connectivity index is 1.30. The number of fused-ring (bicyclic) bond motifs is 1. The number of aromatic amines is 1. The van der Waals surface area contributed by atoms with Crippen molar-refractivity contribution in [2.24, 2.45) is 17.3 Å². The molecule has 4 saturated carbocycles. The van der Waals surface area contributed by atoms with Gasteiger partial charge in [-0.2, -0.15) is 0 Å². The summed E-state index contributed by atoms with van der Waals surface area (Å²) in [4.78, 5) is 35.7. The van der Waals surface area contributed by atoms with Crippen LogP contribution in [0.3, 0.4) is 0 Å². The van der Waals surface area contributed by atoms with E-state index < -0.39 is 0 Å². The Hall–Kier alpha value is -2.95. The largest absolute Gasteiger partial charge is 0.338 e. The van der Waals surface area contributed by atoms with Crippen LogP contribution in [-0.4, -0.2) is 27.8 Å². The fourth-order valence-electron chi connectivity index (χ4n) is 7.55. The quantitative estimate of drug-likeness (QED) is 0.670. The molecule has 7 rings (SSSR count). The van der Waals surface area contributed by atoms with E-state index in [9.17, 15) is 9.59 Å². The van der Waals surface area contributed by atoms with Crippen molar-refractivity contribution in [3.05, 3.63) is 76.3 Å². The Labute approximate surface area is 187 Å². The molecule has 2 aromatic carbocycles. The normalized spacial score (nSPS) is 30.5. The van der Waals surface area contributed by atoms with Gasteiger partial charge in [0.05, 0.1) is 22.9 Å². The van der Waals surface area contributed by atoms with Gasteiger partial charge in [-0.3, -0.25) is 9.59 Å². The van der Waals surface area contributed by atoms with Gasteiger partial charge >= 0.3 is 0 Å². The van der Waals surface area contributed by atoms with Crippen LogP contribution >= 0.6 is 0 Å². The van der Waals surface area contributed by atoms with Gasteiger partial charge in [0.1, 0.15) is 5.82 Å². The highest BCUT2D eigenvalue weighted by molar-refractivity contribution is 5.83. The van der Waals surface area contributed by atoms with Gasteiger partial charge in [-0.1, -0.05) is 42.5 Å². The highest BCUT2D eigenvalue weighted by atomic mass is 16.2. The SMILES string of the molecule is CN(Cc1nc2ccccc2c(=O)[nH]1)C(=O)C12CC3CC(C1)CC(c1ccccc1)(C3)C2. The van der Waals surface area contributed by atoms with Crippen LogP contribution in [0.4, 0.5) is 0 Å². The van der Waals surface area contributed by atoms with E-state index in [1.807, 2.05) is 25.2 Å². The number of rotatable bonds is 4. The Bertz CT molecular complexity index is 1230. The highest BCUT2D eigenvalue weighted by Crippen LogP contribution is 2.66. The minimum atomic E-state index is -0.286. The smallest absolute Gasteiger partial charge is 0.258 e. The first-order chi connectivity index (χ1) is 15.5. The molecular weight excluding hydrogens is 398 g/mol. The maximum absolute atomic E-state index is 13.9. The summed E-state index contributed by atoms with van der Waals surface area (Å²) in [5.41, 5.74) is 1.78. The van der Waals surface area contributed by atoms with Crippen LogP contribution in [-0.2, 0) is 16.8 Å². The van der Waals surface area contributed by atoms with E-state index in [1.165, 1.54) is 24.8 Å². The van der Waals surface area contributed by atoms with Crippen molar-refractivity contribution in [1.82, 2.24) is 14.9 Å². The average Bonchev–Trinajstić information content (AvgIpc) is 2.78. The minimum Gasteiger partial charge on any atom is -0.338 e. The number of amides is 1. The topological polar surface area (TPSA) is 66.1 Å². The first-order valence-corrected chi connectivity index (χ1v) is 11.8. The molecule has 1 N–H and O–H groups in total. The molecule has 2 atom stereocenters. The van der Waals surface area contributed by atoms with E-state index in [-0.39, 0.29) is 22.3 Å². The van der Waals surface area contributed by atoms with Gasteiger partial charge in [0.25, 0.3) is 5.56 Å². The maximum Gasteiger partial charge on any atom is 0.258 e. The zero-order valence-corrected chi connectivity index (χ0v) is 18.5. The molecule has 4 aliphatic rings. The monoisotopic (exact) mass is 427 g/mol. The Morgan fingerprint density at radius 2 is 1.72 bits per heavy atom. The highest BCUT2D eigenvalue weighted by Gasteiger charge is 2.61. The van der Waals surface area contributed by atoms with Crippen molar-refractivity contribution in [2.45, 2.75) is 50.5 Å². The fourth-order valence-corrected chi connectivity index (χ4v) is 7.55. The van der Waals surface area contributed by atoms with Gasteiger partial charge in [-0.15, -0.1) is 0 Å². The number of nitrogens with zero attached hydrogens (tertiary/aromatic N) is 2. The summed E-state index contributed by atoms with van der Waals surface area (Å²) in [7, 11) is 1.87. The van der Waals surface area contributed by atoms with Crippen molar-refractivity contribution >= 4 is 16.8 Å². The lowest BCUT2D eigenvalue weighted by molar-refractivity contribution is -0.159. The second-order valence-corrected chi connectivity index (χ2v) is 10.6. The van der Waals surface area contributed by atoms with Crippen molar-refractivity contribution in [1.29, 1.82) is 0 Å². The molecule has 4 bridgehead atoms. The number of aromatic nitrogens is 2. The third kappa shape index (κ3) is 3.01. The molecule has 0 spiro atoms. The summed E-state index contributed by atoms with van der Waals surface area (Å²) in [5, 5.41) is 0.580. The number of benzene rings is 2. The first kappa shape index (κ1) is 19.7. The van der Waals surface area contributed by atoms with E-state index in [0.29, 0.717) is 35.1 Å². The summed E-state index contributed by atoms with van der Waals surface area (Å²) < 4.78 is 0. The molecule has 5 nitrogen and oxygen atoms in total. The van der Waals surface area contributed by atoms with Crippen LogP contribution in [0, 0.1) is 17.3 Å². The molecule has 1 heterocycles. The lowest BCUT2D eigenvalue weighted by Crippen LogP contribution is -2.59. The molecule has 164 valence electrons. The van der Waals surface area contributed by atoms with Gasteiger partial charge in [0, 0.05) is 7.05 Å². The van der Waals surface area contributed by atoms with E-state index >= 15 is 0 Å². The van der Waals surface area contributed by atoms with E-state index in [4.69, 9.17) is 0 Å². The van der Waals surface area contributed by atoms with Gasteiger partial charge in [0.15, 0.2) is 0 Å². The maximum atomic E-state index is 13.9. The number of carbonyl (C=O) groups excluding carboxylic acids is 1. The van der Waals surface area contributed by atoms with E-state index in [0.717, 1.165) is 19.3 Å². The van der Waals surface area contributed by atoms with Gasteiger partial charge in [-0.25, -0.2) is 4.98 Å². The van der Waals surface area contributed by atoms with Crippen LogP contribution in [0.25, 0.3) is 10.9 Å². The van der Waals surface area contributed by atoms with E-state index in [2.05, 4.69) is 40.3 Å². The van der Waals surface area contributed by atoms with Crippen LogP contribution in [0.5, 0.6) is 0 Å². The fraction of sp³-hybridized carbons (Fsp3) is 0.444. The summed E-state index contributed by atoms with van der Waals surface area (Å²) in [6.07, 6.45) is 6.65. The third-order valence-corrected chi connectivity index (χ3v) is 8.30. The van der Waals surface area contributed by atoms with Crippen molar-refractivity contribution < 1.29 is 4.79 Å². The number of carbonyl (C=O) groups is 1. The minimum absolute atomic E-state index is 0.136. The van der Waals surface area contributed by atoms with Crippen LogP contribution in [0.1, 0.15) is 49.9 Å². The number of hydrogen-bond acceptors (Lipinski definition) is 3. The molecule has 1 amide bonds. The van der Waals surface area contributed by atoms with Gasteiger partial charge < -0.3 is 9.88 Å². The Kier molecular flexibility index (Phi) is 4.33. The molecule has 0 aliphatic heterocycles. The van der Waals surface area contributed by atoms with Crippen molar-refractivity contribution in [3.8, 4) is 0 Å². The standard InChI is InChI=1S/C27H29N3O2/c1-30(16-23-28-22-10-6-5-9-21(22)24(31)29-23)25(32)27-14-18-11-19(15-27)13-26(12-18,17-27)20-7-3-2-4-8-20/h2-10,18-19H,11-17H2,1H3,(H,28,29,31). The zero-order chi connectivity index (χ0) is 21.9. The molecule has 4 aliphatic carbocycles. The average molecular weight is 428 g/mol. The molecule has 0 radical (unpaired) electrons. The van der Waals surface area contributed by atoms with Gasteiger partial charge in [-0.05, 0) is 73.5 Å². The van der Waals surface area contributed by atoms with Crippen LogP contribution in [0.2, 0.25) is 0 Å².